The first kappa shape index (κ1) is 45.7. The van der Waals surface area contributed by atoms with E-state index in [2.05, 4.69) is 48.7 Å². The maximum atomic E-state index is 15.4. The highest BCUT2D eigenvalue weighted by Crippen LogP contribution is 2.40. The van der Waals surface area contributed by atoms with Gasteiger partial charge >= 0.3 is 0 Å². The van der Waals surface area contributed by atoms with E-state index < -0.39 is 17.8 Å². The summed E-state index contributed by atoms with van der Waals surface area (Å²) in [6.07, 6.45) is 9.44. The van der Waals surface area contributed by atoms with Crippen LogP contribution in [0.3, 0.4) is 0 Å². The van der Waals surface area contributed by atoms with E-state index in [1.54, 1.807) is 42.5 Å². The first-order chi connectivity index (χ1) is 33.7. The maximum Gasteiger partial charge on any atom is 0.276 e. The smallest absolute Gasteiger partial charge is 0.276 e. The van der Waals surface area contributed by atoms with Crippen LogP contribution in [0.25, 0.3) is 11.1 Å². The molecule has 3 N–H and O–H groups in total. The molecule has 9 heterocycles. The first-order valence-electron chi connectivity index (χ1n) is 24.5. The molecule has 0 spiro atoms. The van der Waals surface area contributed by atoms with E-state index in [0.29, 0.717) is 76.5 Å². The molecule has 364 valence electrons. The second-order valence-electron chi connectivity index (χ2n) is 20.6. The highest BCUT2D eigenvalue weighted by Gasteiger charge is 2.41. The van der Waals surface area contributed by atoms with Crippen LogP contribution >= 0.6 is 0 Å². The van der Waals surface area contributed by atoms with Gasteiger partial charge in [-0.25, -0.2) is 14.4 Å². The van der Waals surface area contributed by atoms with Crippen molar-refractivity contribution in [3.05, 3.63) is 116 Å². The molecule has 17 nitrogen and oxygen atoms in total. The van der Waals surface area contributed by atoms with Crippen LogP contribution in [0.5, 0.6) is 0 Å². The van der Waals surface area contributed by atoms with E-state index in [4.69, 9.17) is 4.98 Å². The number of carbonyl (C=O) groups is 4. The summed E-state index contributed by atoms with van der Waals surface area (Å²) in [6, 6.07) is 12.2. The van der Waals surface area contributed by atoms with Gasteiger partial charge in [0.1, 0.15) is 34.9 Å². The zero-order valence-electron chi connectivity index (χ0n) is 39.8. The number of fused-ring (bicyclic) bond motifs is 4. The van der Waals surface area contributed by atoms with Crippen molar-refractivity contribution in [2.24, 2.45) is 12.5 Å². The summed E-state index contributed by atoms with van der Waals surface area (Å²) in [5, 5.41) is 16.3. The molecule has 18 heteroatoms. The van der Waals surface area contributed by atoms with Crippen molar-refractivity contribution in [2.75, 3.05) is 60.9 Å². The van der Waals surface area contributed by atoms with E-state index in [-0.39, 0.29) is 60.3 Å². The Morgan fingerprint density at radius 2 is 1.66 bits per heavy atom. The summed E-state index contributed by atoms with van der Waals surface area (Å²) >= 11 is 0. The Morgan fingerprint density at radius 1 is 0.857 bits per heavy atom. The van der Waals surface area contributed by atoms with Gasteiger partial charge in [0.15, 0.2) is 0 Å². The van der Waals surface area contributed by atoms with Crippen LogP contribution in [0.4, 0.5) is 27.4 Å². The number of aryl methyl sites for hydroxylation is 1. The maximum absolute atomic E-state index is 15.4. The molecule has 70 heavy (non-hydrogen) atoms. The Morgan fingerprint density at radius 3 is 2.40 bits per heavy atom. The summed E-state index contributed by atoms with van der Waals surface area (Å²) in [4.78, 5) is 84.3. The zero-order valence-corrected chi connectivity index (χ0v) is 39.8. The van der Waals surface area contributed by atoms with Gasteiger partial charge in [0, 0.05) is 112 Å². The van der Waals surface area contributed by atoms with Crippen molar-refractivity contribution >= 4 is 46.6 Å². The fraction of sp³-hybridized carbons (Fsp3) is 0.442. The third kappa shape index (κ3) is 8.34. The van der Waals surface area contributed by atoms with E-state index in [1.807, 2.05) is 24.4 Å². The Hall–Kier alpha value is -6.76. The van der Waals surface area contributed by atoms with Crippen LogP contribution in [0.15, 0.2) is 65.8 Å². The second kappa shape index (κ2) is 17.9. The third-order valence-electron chi connectivity index (χ3n) is 15.4. The highest BCUT2D eigenvalue weighted by molar-refractivity contribution is 6.07. The first-order valence-corrected chi connectivity index (χ1v) is 24.5. The number of aliphatic hydroxyl groups excluding tert-OH is 1. The number of likely N-dealkylation sites (tertiary alicyclic amines) is 1. The topological polar surface area (TPSA) is 181 Å². The number of halogens is 1. The quantitative estimate of drug-likeness (QED) is 0.169. The number of aliphatic hydroxyl groups is 1. The lowest BCUT2D eigenvalue weighted by atomic mass is 9.90. The number of pyridine rings is 3. The summed E-state index contributed by atoms with van der Waals surface area (Å²) < 4.78 is 19.1. The number of nitrogens with zero attached hydrogens (tertiary/aromatic N) is 9. The molecule has 3 fully saturated rings. The van der Waals surface area contributed by atoms with Crippen molar-refractivity contribution in [2.45, 2.75) is 90.7 Å². The molecule has 6 aliphatic rings. The Kier molecular flexibility index (Phi) is 11.7. The van der Waals surface area contributed by atoms with Crippen molar-refractivity contribution < 1.29 is 28.7 Å². The van der Waals surface area contributed by atoms with Gasteiger partial charge in [0.05, 0.1) is 18.5 Å². The largest absolute Gasteiger partial charge is 0.392 e. The van der Waals surface area contributed by atoms with Crippen molar-refractivity contribution in [3.63, 3.8) is 0 Å². The summed E-state index contributed by atoms with van der Waals surface area (Å²) in [5.41, 5.74) is 7.77. The number of nitrogens with one attached hydrogen (secondary N) is 2. The molecule has 1 atom stereocenters. The van der Waals surface area contributed by atoms with Gasteiger partial charge in [-0.15, -0.1) is 0 Å². The number of imide groups is 1. The van der Waals surface area contributed by atoms with E-state index in [9.17, 15) is 29.1 Å². The number of hydrogen-bond donors (Lipinski definition) is 3. The Balaban J connectivity index is 0.692. The normalized spacial score (nSPS) is 20.8. The van der Waals surface area contributed by atoms with Crippen molar-refractivity contribution in [1.82, 2.24) is 39.1 Å². The van der Waals surface area contributed by atoms with Crippen molar-refractivity contribution in [3.8, 4) is 11.1 Å². The number of hydrogen-bond acceptors (Lipinski definition) is 12. The lowest BCUT2D eigenvalue weighted by molar-refractivity contribution is -0.136. The zero-order chi connectivity index (χ0) is 48.6. The van der Waals surface area contributed by atoms with Gasteiger partial charge in [-0.1, -0.05) is 13.8 Å². The molecule has 1 aliphatic carbocycles. The molecule has 3 saturated heterocycles. The lowest BCUT2D eigenvalue weighted by Crippen LogP contribution is -2.53. The van der Waals surface area contributed by atoms with E-state index >= 15 is 4.39 Å². The number of rotatable bonds is 10. The van der Waals surface area contributed by atoms with Crippen molar-refractivity contribution in [1.29, 1.82) is 0 Å². The summed E-state index contributed by atoms with van der Waals surface area (Å²) in [6.45, 7) is 11.0. The fourth-order valence-corrected chi connectivity index (χ4v) is 11.8. The number of benzene rings is 1. The van der Waals surface area contributed by atoms with Crippen LogP contribution in [-0.2, 0) is 55.7 Å². The van der Waals surface area contributed by atoms with Crippen LogP contribution in [0, 0.1) is 11.2 Å². The molecule has 0 bridgehead atoms. The molecule has 11 rings (SSSR count). The predicted molar refractivity (Wildman–Crippen MR) is 260 cm³/mol. The predicted octanol–water partition coefficient (Wildman–Crippen LogP) is 4.35. The van der Waals surface area contributed by atoms with Crippen LogP contribution in [-0.4, -0.2) is 120 Å². The molecule has 4 aromatic heterocycles. The summed E-state index contributed by atoms with van der Waals surface area (Å²) in [7, 11) is 1.68. The number of carbonyl (C=O) groups excluding carboxylic acids is 4. The van der Waals surface area contributed by atoms with Gasteiger partial charge in [0.2, 0.25) is 11.8 Å². The monoisotopic (exact) mass is 951 g/mol. The minimum absolute atomic E-state index is 0.136. The molecule has 5 aromatic rings. The average molecular weight is 952 g/mol. The second-order valence-corrected chi connectivity index (χ2v) is 20.6. The molecule has 4 amide bonds. The number of aromatic nitrogens is 4. The number of piperidine rings is 2. The van der Waals surface area contributed by atoms with Crippen LogP contribution in [0.1, 0.15) is 88.3 Å². The standard InChI is InChI=1S/C52H58FN11O6/c1-52(2)24-31-22-43-51(70)63(19-18-62(43)44(31)25-52)47-39(30-65)37(8-11-54-47)33-21-41(50(69)58(3)27-33)56-45-6-4-36(26-55-45)61-16-14-60(15-17-61)35-9-12-59(13-10-35)28-34-20-32-29-64(49(68)38(32)23-40(34)53)42-5-7-46(66)57-48(42)67/h4,6,8,11,20-23,26-27,35,42,65H,5,7,9-10,12-19,24-25,28-30H2,1-3H3,(H,55,56)(H,57,66,67). The SMILES string of the molecule is Cn1cc(-c2ccnc(N3CCn4c(cc5c4CC(C)(C)C5)C3=O)c2CO)cc(Nc2ccc(N3CCN(C4CCN(Cc5cc6c(cc5F)C(=O)N(C5CCC(=O)NC5=O)C6)CC4)CC3)cn2)c1=O. The lowest BCUT2D eigenvalue weighted by Gasteiger charge is -2.43. The molecule has 5 aliphatic heterocycles. The van der Waals surface area contributed by atoms with Gasteiger partial charge in [-0.3, -0.25) is 44.0 Å². The Labute approximate surface area is 404 Å². The summed E-state index contributed by atoms with van der Waals surface area (Å²) in [5.74, 6) is -0.829. The molecule has 1 aromatic carbocycles. The van der Waals surface area contributed by atoms with Gasteiger partial charge in [-0.2, -0.15) is 0 Å². The number of anilines is 4. The van der Waals surface area contributed by atoms with Gasteiger partial charge in [-0.05, 0) is 110 Å². The molecule has 0 saturated carbocycles. The average Bonchev–Trinajstić information content (AvgIpc) is 3.96. The minimum atomic E-state index is -0.735. The van der Waals surface area contributed by atoms with E-state index in [0.717, 1.165) is 70.6 Å². The third-order valence-corrected chi connectivity index (χ3v) is 15.4. The van der Waals surface area contributed by atoms with Crippen LogP contribution in [0.2, 0.25) is 0 Å². The van der Waals surface area contributed by atoms with Gasteiger partial charge in [0.25, 0.3) is 17.4 Å². The van der Waals surface area contributed by atoms with Crippen LogP contribution < -0.4 is 26.0 Å². The molecule has 0 radical (unpaired) electrons. The minimum Gasteiger partial charge on any atom is -0.392 e. The molecule has 1 unspecified atom stereocenters. The highest BCUT2D eigenvalue weighted by atomic mass is 19.1. The Bertz CT molecular complexity index is 3010. The van der Waals surface area contributed by atoms with E-state index in [1.165, 1.54) is 26.8 Å². The number of piperazine rings is 1. The fourth-order valence-electron chi connectivity index (χ4n) is 11.8. The van der Waals surface area contributed by atoms with Gasteiger partial charge < -0.3 is 29.4 Å². The number of amides is 4. The molecular formula is C52H58FN11O6. The molecular weight excluding hydrogens is 894 g/mol.